The maximum atomic E-state index is 13.3. The zero-order chi connectivity index (χ0) is 19.2. The van der Waals surface area contributed by atoms with E-state index in [1.807, 2.05) is 0 Å². The smallest absolute Gasteiger partial charge is 0.373 e. The van der Waals surface area contributed by atoms with Crippen LogP contribution in [0.15, 0.2) is 36.5 Å². The summed E-state index contributed by atoms with van der Waals surface area (Å²) in [5.74, 6) is 0. The highest BCUT2D eigenvalue weighted by Gasteiger charge is 2.76. The predicted octanol–water partition coefficient (Wildman–Crippen LogP) is 5.58. The van der Waals surface area contributed by atoms with Gasteiger partial charge >= 0.3 is 12.4 Å². The van der Waals surface area contributed by atoms with Crippen LogP contribution in [-0.4, -0.2) is 23.1 Å². The molecule has 0 saturated heterocycles. The Balaban J connectivity index is 3.73. The molecule has 0 aliphatic heterocycles. The molecule has 1 nitrogen and oxygen atoms in total. The zero-order valence-electron chi connectivity index (χ0n) is 14.2. The number of allylic oxidation sites excluding steroid dienone is 4. The van der Waals surface area contributed by atoms with E-state index in [-0.39, 0.29) is 0 Å². The van der Waals surface area contributed by atoms with E-state index in [1.165, 1.54) is 12.2 Å². The van der Waals surface area contributed by atoms with Gasteiger partial charge in [0.2, 0.25) is 0 Å². The van der Waals surface area contributed by atoms with E-state index in [0.717, 1.165) is 19.1 Å². The summed E-state index contributed by atoms with van der Waals surface area (Å²) in [5.41, 5.74) is -9.17. The van der Waals surface area contributed by atoms with Crippen molar-refractivity contribution in [3.05, 3.63) is 36.5 Å². The van der Waals surface area contributed by atoms with E-state index in [9.17, 15) is 31.4 Å². The number of hydrogen-bond donors (Lipinski definition) is 1. The Morgan fingerprint density at radius 1 is 0.583 bits per heavy atom. The van der Waals surface area contributed by atoms with E-state index in [2.05, 4.69) is 0 Å². The lowest BCUT2D eigenvalue weighted by molar-refractivity contribution is -0.389. The summed E-state index contributed by atoms with van der Waals surface area (Å²) in [6.07, 6.45) is -4.31. The van der Waals surface area contributed by atoms with Crippen molar-refractivity contribution in [2.45, 2.75) is 52.6 Å². The van der Waals surface area contributed by atoms with Gasteiger partial charge in [-0.25, -0.2) is 0 Å². The molecule has 0 bridgehead atoms. The Morgan fingerprint density at radius 3 is 1.08 bits per heavy atom. The number of hydrogen-bond acceptors (Lipinski definition) is 1. The van der Waals surface area contributed by atoms with E-state index < -0.39 is 34.2 Å². The Hall–Kier alpha value is -1.24. The SMILES string of the molecule is CC1(C)C=CC(C)(C)/C=C\C(C)(C(O)(C(F)(F)F)C(F)(F)F)/C=C\1. The minimum absolute atomic E-state index is 0.735. The molecule has 0 unspecified atom stereocenters. The van der Waals surface area contributed by atoms with Crippen LogP contribution in [0.25, 0.3) is 0 Å². The topological polar surface area (TPSA) is 20.2 Å². The highest BCUT2D eigenvalue weighted by molar-refractivity contribution is 5.29. The molecule has 0 aromatic rings. The van der Waals surface area contributed by atoms with Crippen molar-refractivity contribution in [3.63, 3.8) is 0 Å². The lowest BCUT2D eigenvalue weighted by atomic mass is 9.70. The summed E-state index contributed by atoms with van der Waals surface area (Å²) >= 11 is 0. The van der Waals surface area contributed by atoms with E-state index >= 15 is 0 Å². The minimum atomic E-state index is -5.90. The van der Waals surface area contributed by atoms with Crippen molar-refractivity contribution in [3.8, 4) is 0 Å². The highest BCUT2D eigenvalue weighted by Crippen LogP contribution is 2.55. The first-order valence-corrected chi connectivity index (χ1v) is 7.34. The van der Waals surface area contributed by atoms with Gasteiger partial charge in [-0.3, -0.25) is 0 Å². The van der Waals surface area contributed by atoms with Crippen LogP contribution in [0.2, 0.25) is 0 Å². The molecule has 0 saturated carbocycles. The monoisotopic (exact) mass is 356 g/mol. The van der Waals surface area contributed by atoms with Crippen LogP contribution in [-0.2, 0) is 0 Å². The predicted molar refractivity (Wildman–Crippen MR) is 80.1 cm³/mol. The molecule has 1 N–H and O–H groups in total. The van der Waals surface area contributed by atoms with Crippen LogP contribution in [0.3, 0.4) is 0 Å². The normalized spacial score (nSPS) is 26.2. The number of halogens is 6. The van der Waals surface area contributed by atoms with Crippen LogP contribution < -0.4 is 0 Å². The van der Waals surface area contributed by atoms with Gasteiger partial charge in [0.15, 0.2) is 0 Å². The molecule has 1 rings (SSSR count). The second kappa shape index (κ2) is 5.64. The average Bonchev–Trinajstić information content (AvgIpc) is 2.41. The number of aliphatic hydroxyl groups is 1. The van der Waals surface area contributed by atoms with Crippen molar-refractivity contribution in [1.82, 2.24) is 0 Å². The third-order valence-corrected chi connectivity index (χ3v) is 4.26. The molecular formula is C17H22F6O. The van der Waals surface area contributed by atoms with Crippen LogP contribution in [0.4, 0.5) is 26.3 Å². The van der Waals surface area contributed by atoms with E-state index in [4.69, 9.17) is 0 Å². The van der Waals surface area contributed by atoms with Crippen molar-refractivity contribution in [2.24, 2.45) is 16.2 Å². The molecule has 0 amide bonds. The molecule has 0 spiro atoms. The fraction of sp³-hybridized carbons (Fsp3) is 0.647. The average molecular weight is 356 g/mol. The van der Waals surface area contributed by atoms with Gasteiger partial charge in [0.05, 0.1) is 5.41 Å². The molecule has 1 aliphatic carbocycles. The van der Waals surface area contributed by atoms with E-state index in [0.29, 0.717) is 0 Å². The van der Waals surface area contributed by atoms with Crippen molar-refractivity contribution in [1.29, 1.82) is 0 Å². The summed E-state index contributed by atoms with van der Waals surface area (Å²) in [4.78, 5) is 0. The molecule has 138 valence electrons. The molecule has 1 aliphatic rings. The van der Waals surface area contributed by atoms with Crippen LogP contribution in [0.5, 0.6) is 0 Å². The van der Waals surface area contributed by atoms with Gasteiger partial charge < -0.3 is 5.11 Å². The second-order valence-electron chi connectivity index (χ2n) is 7.63. The molecule has 24 heavy (non-hydrogen) atoms. The molecule has 0 heterocycles. The molecule has 0 radical (unpaired) electrons. The first-order chi connectivity index (χ1) is 10.4. The van der Waals surface area contributed by atoms with Crippen molar-refractivity contribution in [2.75, 3.05) is 0 Å². The summed E-state index contributed by atoms with van der Waals surface area (Å²) in [5, 5.41) is 9.84. The maximum absolute atomic E-state index is 13.3. The number of rotatable bonds is 1. The van der Waals surface area contributed by atoms with Gasteiger partial charge in [0.25, 0.3) is 5.60 Å². The molecule has 0 fully saturated rings. The van der Waals surface area contributed by atoms with Gasteiger partial charge in [0.1, 0.15) is 0 Å². The van der Waals surface area contributed by atoms with Gasteiger partial charge in [-0.2, -0.15) is 26.3 Å². The fourth-order valence-electron chi connectivity index (χ4n) is 2.38. The molecule has 0 atom stereocenters. The first kappa shape index (κ1) is 20.8. The van der Waals surface area contributed by atoms with Crippen LogP contribution >= 0.6 is 0 Å². The molecule has 0 aromatic heterocycles. The summed E-state index contributed by atoms with van der Waals surface area (Å²) in [7, 11) is 0. The lowest BCUT2D eigenvalue weighted by Crippen LogP contribution is -2.65. The second-order valence-corrected chi connectivity index (χ2v) is 7.63. The highest BCUT2D eigenvalue weighted by atomic mass is 19.4. The quantitative estimate of drug-likeness (QED) is 0.480. The van der Waals surface area contributed by atoms with E-state index in [1.54, 1.807) is 39.8 Å². The van der Waals surface area contributed by atoms with Gasteiger partial charge in [-0.05, 0) is 6.92 Å². The number of alkyl halides is 6. The molecular weight excluding hydrogens is 334 g/mol. The summed E-state index contributed by atoms with van der Waals surface area (Å²) in [6, 6.07) is 0. The van der Waals surface area contributed by atoms with Crippen molar-refractivity contribution >= 4 is 0 Å². The Bertz CT molecular complexity index is 519. The Kier molecular flexibility index (Phi) is 4.89. The van der Waals surface area contributed by atoms with Crippen LogP contribution in [0.1, 0.15) is 34.6 Å². The first-order valence-electron chi connectivity index (χ1n) is 7.34. The third-order valence-electron chi connectivity index (χ3n) is 4.26. The lowest BCUT2D eigenvalue weighted by Gasteiger charge is -2.43. The Morgan fingerprint density at radius 2 is 0.833 bits per heavy atom. The van der Waals surface area contributed by atoms with Gasteiger partial charge in [-0.1, -0.05) is 64.2 Å². The third kappa shape index (κ3) is 3.71. The van der Waals surface area contributed by atoms with Gasteiger partial charge in [-0.15, -0.1) is 0 Å². The van der Waals surface area contributed by atoms with Gasteiger partial charge in [0, 0.05) is 10.8 Å². The summed E-state index contributed by atoms with van der Waals surface area (Å²) in [6.45, 7) is 7.35. The zero-order valence-corrected chi connectivity index (χ0v) is 14.2. The minimum Gasteiger partial charge on any atom is -0.373 e. The fourth-order valence-corrected chi connectivity index (χ4v) is 2.38. The molecule has 0 aromatic carbocycles. The standard InChI is InChI=1S/C17H22F6O/c1-12(2)6-7-13(3,4)9-11-14(5,10-8-12)15(24,16(18,19)20)17(21,22)23/h6-11,24H,1-5H3/b7-6?,10-8-,11-9-. The summed E-state index contributed by atoms with van der Waals surface area (Å²) < 4.78 is 79.8. The Labute approximate surface area is 137 Å². The maximum Gasteiger partial charge on any atom is 0.427 e. The largest absolute Gasteiger partial charge is 0.427 e. The molecule has 7 heteroatoms. The van der Waals surface area contributed by atoms with Crippen LogP contribution in [0, 0.1) is 16.2 Å². The van der Waals surface area contributed by atoms with Crippen molar-refractivity contribution < 1.29 is 31.4 Å².